The lowest BCUT2D eigenvalue weighted by atomic mass is 9.86. The van der Waals surface area contributed by atoms with E-state index in [0.29, 0.717) is 18.0 Å². The summed E-state index contributed by atoms with van der Waals surface area (Å²) in [4.78, 5) is 57.1. The number of halogens is 3. The van der Waals surface area contributed by atoms with Gasteiger partial charge < -0.3 is 10.4 Å². The Hall–Kier alpha value is -6.29. The number of amides is 3. The number of benzene rings is 3. The minimum atomic E-state index is -1.79. The average molecular weight is 821 g/mol. The summed E-state index contributed by atoms with van der Waals surface area (Å²) in [6, 6.07) is 14.2. The number of carbonyl (C=O) groups is 3. The minimum absolute atomic E-state index is 0.111. The molecule has 0 radical (unpaired) electrons. The molecular formula is C44H43F3N8O5. The van der Waals surface area contributed by atoms with Gasteiger partial charge in [0.05, 0.1) is 33.8 Å². The molecule has 6 aromatic rings. The fourth-order valence-corrected chi connectivity index (χ4v) is 9.05. The van der Waals surface area contributed by atoms with Crippen LogP contribution < -0.4 is 16.3 Å². The second kappa shape index (κ2) is 15.7. The molecule has 3 aliphatic rings. The Morgan fingerprint density at radius 2 is 1.73 bits per heavy atom. The van der Waals surface area contributed by atoms with Gasteiger partial charge in [0, 0.05) is 56.4 Å². The highest BCUT2D eigenvalue weighted by Gasteiger charge is 2.32. The number of aryl methyl sites for hydroxylation is 2. The molecule has 3 aromatic heterocycles. The standard InChI is InChI=1S/C44H43F3N8O5/c1-52-37-15-24(6-11-35(37)55(44(52)60)36-12-13-38(56)50-43(36)59)3-2-14-53-21-28-17-33(48-20-29(28)22-53)26-7-8-27-23-54(51-34(27)16-26)30-9-4-25(5-10-30)19-49-42(58)31-18-32(45)41(57)40(47)39(31)46/h6-8,11,15-18,20,23,25,30,36,57H,2-5,9-10,12-14,19,21-22H2,1H3,(H,49,58)(H,50,56,59). The van der Waals surface area contributed by atoms with E-state index in [0.717, 1.165) is 91.4 Å². The van der Waals surface area contributed by atoms with Crippen molar-refractivity contribution in [2.75, 3.05) is 13.1 Å². The second-order valence-corrected chi connectivity index (χ2v) is 16.3. The number of nitrogens with one attached hydrogen (secondary N) is 2. The van der Waals surface area contributed by atoms with Crippen LogP contribution in [0, 0.1) is 23.4 Å². The monoisotopic (exact) mass is 820 g/mol. The number of fused-ring (bicyclic) bond motifs is 3. The Morgan fingerprint density at radius 1 is 0.933 bits per heavy atom. The van der Waals surface area contributed by atoms with Gasteiger partial charge in [0.25, 0.3) is 5.91 Å². The molecule has 1 unspecified atom stereocenters. The van der Waals surface area contributed by atoms with Crippen molar-refractivity contribution in [3.63, 3.8) is 0 Å². The first-order chi connectivity index (χ1) is 28.9. The summed E-state index contributed by atoms with van der Waals surface area (Å²) in [5.41, 5.74) is 6.68. The zero-order chi connectivity index (χ0) is 41.8. The normalized spacial score (nSPS) is 19.6. The molecule has 0 bridgehead atoms. The van der Waals surface area contributed by atoms with Crippen LogP contribution in [0.25, 0.3) is 33.2 Å². The fourth-order valence-electron chi connectivity index (χ4n) is 9.05. The van der Waals surface area contributed by atoms with Crippen molar-refractivity contribution in [3.05, 3.63) is 111 Å². The van der Waals surface area contributed by atoms with E-state index in [-0.39, 0.29) is 36.5 Å². The molecule has 13 nitrogen and oxygen atoms in total. The van der Waals surface area contributed by atoms with Crippen molar-refractivity contribution in [3.8, 4) is 17.0 Å². The van der Waals surface area contributed by atoms with Crippen LogP contribution in [0.3, 0.4) is 0 Å². The molecule has 5 heterocycles. The van der Waals surface area contributed by atoms with Crippen molar-refractivity contribution >= 4 is 39.7 Å². The molecule has 16 heteroatoms. The largest absolute Gasteiger partial charge is 0.503 e. The van der Waals surface area contributed by atoms with Crippen molar-refractivity contribution in [2.24, 2.45) is 13.0 Å². The molecule has 1 saturated heterocycles. The summed E-state index contributed by atoms with van der Waals surface area (Å²) in [5, 5.41) is 20.1. The molecule has 2 aliphatic heterocycles. The third-order valence-corrected chi connectivity index (χ3v) is 12.4. The van der Waals surface area contributed by atoms with Gasteiger partial charge in [-0.05, 0) is 104 Å². The van der Waals surface area contributed by atoms with E-state index in [2.05, 4.69) is 39.8 Å². The first-order valence-electron chi connectivity index (χ1n) is 20.3. The van der Waals surface area contributed by atoms with Crippen molar-refractivity contribution < 1.29 is 32.7 Å². The lowest BCUT2D eigenvalue weighted by Gasteiger charge is -2.28. The van der Waals surface area contributed by atoms with Crippen molar-refractivity contribution in [1.29, 1.82) is 0 Å². The smallest absolute Gasteiger partial charge is 0.329 e. The zero-order valence-electron chi connectivity index (χ0n) is 32.9. The predicted octanol–water partition coefficient (Wildman–Crippen LogP) is 5.96. The summed E-state index contributed by atoms with van der Waals surface area (Å²) in [7, 11) is 1.71. The van der Waals surface area contributed by atoms with Crippen LogP contribution in [0.2, 0.25) is 0 Å². The van der Waals surface area contributed by atoms with Gasteiger partial charge in [-0.2, -0.15) is 9.49 Å². The molecule has 60 heavy (non-hydrogen) atoms. The molecule has 0 spiro atoms. The molecule has 3 aromatic carbocycles. The Kier molecular flexibility index (Phi) is 10.3. The highest BCUT2D eigenvalue weighted by Crippen LogP contribution is 2.34. The molecule has 1 aliphatic carbocycles. The second-order valence-electron chi connectivity index (χ2n) is 16.3. The van der Waals surface area contributed by atoms with Crippen LogP contribution in [0.4, 0.5) is 13.2 Å². The molecule has 3 amide bonds. The van der Waals surface area contributed by atoms with E-state index in [1.165, 1.54) is 15.7 Å². The van der Waals surface area contributed by atoms with Gasteiger partial charge in [-0.3, -0.25) is 43.4 Å². The van der Waals surface area contributed by atoms with Gasteiger partial charge in [-0.25, -0.2) is 13.6 Å². The maximum atomic E-state index is 14.2. The molecule has 3 N–H and O–H groups in total. The predicted molar refractivity (Wildman–Crippen MR) is 215 cm³/mol. The number of hydrogen-bond donors (Lipinski definition) is 3. The van der Waals surface area contributed by atoms with Crippen molar-refractivity contribution in [2.45, 2.75) is 76.5 Å². The highest BCUT2D eigenvalue weighted by atomic mass is 19.2. The average Bonchev–Trinajstić information content (AvgIpc) is 3.93. The molecular weight excluding hydrogens is 778 g/mol. The number of imide groups is 1. The van der Waals surface area contributed by atoms with E-state index in [9.17, 15) is 37.5 Å². The molecule has 1 saturated carbocycles. The minimum Gasteiger partial charge on any atom is -0.503 e. The number of aromatic hydroxyl groups is 1. The Labute approximate surface area is 341 Å². The van der Waals surface area contributed by atoms with Gasteiger partial charge in [-0.15, -0.1) is 0 Å². The van der Waals surface area contributed by atoms with Crippen LogP contribution in [0.5, 0.6) is 5.75 Å². The van der Waals surface area contributed by atoms with Crippen LogP contribution in [0.15, 0.2) is 65.7 Å². The summed E-state index contributed by atoms with van der Waals surface area (Å²) >= 11 is 0. The highest BCUT2D eigenvalue weighted by molar-refractivity contribution is 6.00. The lowest BCUT2D eigenvalue weighted by Crippen LogP contribution is -2.44. The Balaban J connectivity index is 0.782. The maximum Gasteiger partial charge on any atom is 0.329 e. The third kappa shape index (κ3) is 7.33. The van der Waals surface area contributed by atoms with Gasteiger partial charge in [0.2, 0.25) is 17.6 Å². The number of phenols is 1. The van der Waals surface area contributed by atoms with Crippen LogP contribution in [-0.4, -0.2) is 64.7 Å². The lowest BCUT2D eigenvalue weighted by molar-refractivity contribution is -0.135. The van der Waals surface area contributed by atoms with E-state index >= 15 is 0 Å². The van der Waals surface area contributed by atoms with Gasteiger partial charge in [-0.1, -0.05) is 18.2 Å². The first-order valence-corrected chi connectivity index (χ1v) is 20.3. The quantitative estimate of drug-likeness (QED) is 0.113. The number of phenolic OH excluding ortho intramolecular Hbond substituents is 1. The van der Waals surface area contributed by atoms with Crippen LogP contribution in [-0.2, 0) is 36.1 Å². The maximum absolute atomic E-state index is 14.2. The Morgan fingerprint density at radius 3 is 2.53 bits per heavy atom. The summed E-state index contributed by atoms with van der Waals surface area (Å²) < 4.78 is 46.7. The first kappa shape index (κ1) is 39.2. The number of nitrogens with zero attached hydrogens (tertiary/aromatic N) is 6. The van der Waals surface area contributed by atoms with Crippen LogP contribution >= 0.6 is 0 Å². The summed E-state index contributed by atoms with van der Waals surface area (Å²) in [6.07, 6.45) is 9.46. The molecule has 310 valence electrons. The number of aromatic nitrogens is 5. The SMILES string of the molecule is Cn1c(=O)n(C2CCC(=O)NC2=O)c2ccc(CCCN3Cc4cnc(-c5ccc6cn(C7CCC(CNC(=O)c8cc(F)c(O)c(F)c8F)CC7)nc6c5)cc4C3)cc21. The van der Waals surface area contributed by atoms with E-state index in [1.807, 2.05) is 35.3 Å². The number of carbonyl (C=O) groups excluding carboxylic acids is 3. The topological polar surface area (TPSA) is 156 Å². The zero-order valence-corrected chi connectivity index (χ0v) is 32.9. The van der Waals surface area contributed by atoms with Gasteiger partial charge >= 0.3 is 5.69 Å². The van der Waals surface area contributed by atoms with Gasteiger partial charge in [0.1, 0.15) is 6.04 Å². The van der Waals surface area contributed by atoms with Gasteiger partial charge in [0.15, 0.2) is 17.4 Å². The van der Waals surface area contributed by atoms with E-state index in [1.54, 1.807) is 11.6 Å². The number of rotatable bonds is 10. The number of pyridine rings is 1. The van der Waals surface area contributed by atoms with Crippen molar-refractivity contribution in [1.82, 2.24) is 39.4 Å². The molecule has 1 atom stereocenters. The third-order valence-electron chi connectivity index (χ3n) is 12.4. The summed E-state index contributed by atoms with van der Waals surface area (Å²) in [5.74, 6) is -7.80. The fraction of sp³-hybridized carbons (Fsp3) is 0.364. The Bertz CT molecular complexity index is 2770. The van der Waals surface area contributed by atoms with E-state index in [4.69, 9.17) is 10.1 Å². The van der Waals surface area contributed by atoms with E-state index < -0.39 is 46.6 Å². The number of imidazole rings is 1. The molecule has 9 rings (SSSR count). The number of hydrogen-bond acceptors (Lipinski definition) is 8. The molecule has 2 fully saturated rings. The summed E-state index contributed by atoms with van der Waals surface area (Å²) in [6.45, 7) is 2.76. The number of piperidine rings is 1. The van der Waals surface area contributed by atoms with Crippen LogP contribution in [0.1, 0.15) is 84.1 Å².